The van der Waals surface area contributed by atoms with Gasteiger partial charge in [-0.15, -0.1) is 0 Å². The van der Waals surface area contributed by atoms with Gasteiger partial charge in [-0.1, -0.05) is 13.3 Å². The van der Waals surface area contributed by atoms with Gasteiger partial charge in [0, 0.05) is 32.4 Å². The molecule has 1 N–H and O–H groups in total. The Kier molecular flexibility index (Phi) is 6.43. The fourth-order valence-corrected chi connectivity index (χ4v) is 1.83. The topological polar surface area (TPSA) is 56.2 Å². The predicted molar refractivity (Wildman–Crippen MR) is 70.2 cm³/mol. The summed E-state index contributed by atoms with van der Waals surface area (Å²) in [6.45, 7) is 5.05. The van der Waals surface area contributed by atoms with Crippen LogP contribution in [0.15, 0.2) is 12.4 Å². The Bertz CT molecular complexity index is 363. The van der Waals surface area contributed by atoms with Gasteiger partial charge in [0.15, 0.2) is 0 Å². The van der Waals surface area contributed by atoms with Crippen LogP contribution in [0, 0.1) is 0 Å². The number of carbonyl (C=O) groups is 1. The zero-order valence-electron chi connectivity index (χ0n) is 11.5. The lowest BCUT2D eigenvalue weighted by Crippen LogP contribution is -2.39. The molecule has 1 aromatic rings. The van der Waals surface area contributed by atoms with Crippen LogP contribution >= 0.6 is 0 Å². The average molecular weight is 253 g/mol. The van der Waals surface area contributed by atoms with Gasteiger partial charge in [-0.05, 0) is 13.3 Å². The average Bonchev–Trinajstić information content (AvgIpc) is 2.74. The lowest BCUT2D eigenvalue weighted by atomic mass is 10.1. The molecule has 1 atom stereocenters. The number of ether oxygens (including phenoxy) is 1. The normalized spacial score (nSPS) is 12.4. The molecule has 1 aromatic heterocycles. The molecule has 0 saturated heterocycles. The van der Waals surface area contributed by atoms with Gasteiger partial charge in [0.25, 0.3) is 0 Å². The monoisotopic (exact) mass is 253 g/mol. The van der Waals surface area contributed by atoms with Crippen LogP contribution < -0.4 is 5.32 Å². The van der Waals surface area contributed by atoms with Crippen LogP contribution in [0.3, 0.4) is 0 Å². The van der Waals surface area contributed by atoms with Gasteiger partial charge in [-0.3, -0.25) is 4.79 Å². The predicted octanol–water partition coefficient (Wildman–Crippen LogP) is 1.28. The van der Waals surface area contributed by atoms with Gasteiger partial charge in [-0.25, -0.2) is 4.98 Å². The molecule has 0 radical (unpaired) electrons. The molecular formula is C13H23N3O2. The van der Waals surface area contributed by atoms with Crippen molar-refractivity contribution < 1.29 is 9.53 Å². The summed E-state index contributed by atoms with van der Waals surface area (Å²) in [6.07, 6.45) is 6.27. The van der Waals surface area contributed by atoms with Crippen molar-refractivity contribution in [2.24, 2.45) is 7.05 Å². The number of hydrogen-bond donors (Lipinski definition) is 1. The molecule has 0 aliphatic carbocycles. The first-order chi connectivity index (χ1) is 8.69. The van der Waals surface area contributed by atoms with E-state index in [0.29, 0.717) is 6.61 Å². The molecule has 0 spiro atoms. The standard InChI is InChI=1S/C13H23N3O2/c1-4-6-11(13(17)18-5-2)14-8-7-12-15-9-10-16(12)3/h9-11,14H,4-8H2,1-3H3. The van der Waals surface area contributed by atoms with Crippen molar-refractivity contribution in [3.63, 3.8) is 0 Å². The van der Waals surface area contributed by atoms with E-state index < -0.39 is 0 Å². The Morgan fingerprint density at radius 3 is 2.89 bits per heavy atom. The first-order valence-electron chi connectivity index (χ1n) is 6.55. The van der Waals surface area contributed by atoms with E-state index in [-0.39, 0.29) is 12.0 Å². The van der Waals surface area contributed by atoms with Crippen LogP contribution in [0.4, 0.5) is 0 Å². The SMILES string of the molecule is CCCC(NCCc1nccn1C)C(=O)OCC. The third kappa shape index (κ3) is 4.49. The molecule has 18 heavy (non-hydrogen) atoms. The van der Waals surface area contributed by atoms with Gasteiger partial charge >= 0.3 is 5.97 Å². The summed E-state index contributed by atoms with van der Waals surface area (Å²) in [5.41, 5.74) is 0. The zero-order valence-corrected chi connectivity index (χ0v) is 11.5. The van der Waals surface area contributed by atoms with Crippen LogP contribution in [0.2, 0.25) is 0 Å². The second kappa shape index (κ2) is 7.87. The van der Waals surface area contributed by atoms with Crippen LogP contribution in [0.1, 0.15) is 32.5 Å². The number of rotatable bonds is 8. The van der Waals surface area contributed by atoms with E-state index >= 15 is 0 Å². The summed E-state index contributed by atoms with van der Waals surface area (Å²) in [5.74, 6) is 0.862. The summed E-state index contributed by atoms with van der Waals surface area (Å²) in [4.78, 5) is 15.9. The second-order valence-electron chi connectivity index (χ2n) is 4.25. The number of carbonyl (C=O) groups excluding carboxylic acids is 1. The molecule has 102 valence electrons. The largest absolute Gasteiger partial charge is 0.465 e. The summed E-state index contributed by atoms with van der Waals surface area (Å²) in [5, 5.41) is 3.24. The Hall–Kier alpha value is -1.36. The Morgan fingerprint density at radius 1 is 1.56 bits per heavy atom. The summed E-state index contributed by atoms with van der Waals surface area (Å²) >= 11 is 0. The zero-order chi connectivity index (χ0) is 13.4. The second-order valence-corrected chi connectivity index (χ2v) is 4.25. The molecule has 0 aromatic carbocycles. The molecule has 5 nitrogen and oxygen atoms in total. The summed E-state index contributed by atoms with van der Waals surface area (Å²) in [6, 6.07) is -0.199. The molecule has 0 aliphatic heterocycles. The Morgan fingerprint density at radius 2 is 2.33 bits per heavy atom. The van der Waals surface area contributed by atoms with E-state index in [1.54, 1.807) is 6.20 Å². The van der Waals surface area contributed by atoms with Gasteiger partial charge < -0.3 is 14.6 Å². The Balaban J connectivity index is 2.37. The highest BCUT2D eigenvalue weighted by atomic mass is 16.5. The first kappa shape index (κ1) is 14.7. The third-order valence-corrected chi connectivity index (χ3v) is 2.81. The quantitative estimate of drug-likeness (QED) is 0.709. The molecule has 0 aliphatic rings. The van der Waals surface area contributed by atoms with Crippen molar-refractivity contribution >= 4 is 5.97 Å². The molecule has 1 heterocycles. The van der Waals surface area contributed by atoms with E-state index in [2.05, 4.69) is 17.2 Å². The van der Waals surface area contributed by atoms with E-state index in [9.17, 15) is 4.79 Å². The first-order valence-corrected chi connectivity index (χ1v) is 6.55. The van der Waals surface area contributed by atoms with Gasteiger partial charge in [-0.2, -0.15) is 0 Å². The van der Waals surface area contributed by atoms with E-state index in [4.69, 9.17) is 4.74 Å². The van der Waals surface area contributed by atoms with Gasteiger partial charge in [0.05, 0.1) is 6.61 Å². The van der Waals surface area contributed by atoms with Crippen molar-refractivity contribution in [2.75, 3.05) is 13.2 Å². The summed E-state index contributed by atoms with van der Waals surface area (Å²) in [7, 11) is 1.97. The number of imidazole rings is 1. The minimum Gasteiger partial charge on any atom is -0.465 e. The van der Waals surface area contributed by atoms with Crippen LogP contribution in [-0.4, -0.2) is 34.7 Å². The third-order valence-electron chi connectivity index (χ3n) is 2.81. The molecule has 5 heteroatoms. The smallest absolute Gasteiger partial charge is 0.323 e. The lowest BCUT2D eigenvalue weighted by molar-refractivity contribution is -0.145. The summed E-state index contributed by atoms with van der Waals surface area (Å²) < 4.78 is 7.03. The molecule has 0 bridgehead atoms. The Labute approximate surface area is 109 Å². The number of nitrogens with zero attached hydrogens (tertiary/aromatic N) is 2. The highest BCUT2D eigenvalue weighted by Gasteiger charge is 2.17. The number of aromatic nitrogens is 2. The number of esters is 1. The molecule has 0 fully saturated rings. The highest BCUT2D eigenvalue weighted by Crippen LogP contribution is 2.01. The van der Waals surface area contributed by atoms with E-state index in [1.165, 1.54) is 0 Å². The molecule has 0 saturated carbocycles. The van der Waals surface area contributed by atoms with Crippen LogP contribution in [-0.2, 0) is 23.0 Å². The van der Waals surface area contributed by atoms with Crippen molar-refractivity contribution in [1.82, 2.24) is 14.9 Å². The van der Waals surface area contributed by atoms with Crippen LogP contribution in [0.5, 0.6) is 0 Å². The maximum Gasteiger partial charge on any atom is 0.323 e. The minimum atomic E-state index is -0.199. The highest BCUT2D eigenvalue weighted by molar-refractivity contribution is 5.75. The molecular weight excluding hydrogens is 230 g/mol. The van der Waals surface area contributed by atoms with Crippen molar-refractivity contribution in [2.45, 2.75) is 39.2 Å². The van der Waals surface area contributed by atoms with E-state index in [1.807, 2.05) is 24.7 Å². The van der Waals surface area contributed by atoms with Crippen molar-refractivity contribution in [3.05, 3.63) is 18.2 Å². The number of hydrogen-bond acceptors (Lipinski definition) is 4. The van der Waals surface area contributed by atoms with E-state index in [0.717, 1.165) is 31.6 Å². The molecule has 1 rings (SSSR count). The van der Waals surface area contributed by atoms with Gasteiger partial charge in [0.1, 0.15) is 11.9 Å². The maximum atomic E-state index is 11.7. The van der Waals surface area contributed by atoms with Crippen LogP contribution in [0.25, 0.3) is 0 Å². The molecule has 1 unspecified atom stereocenters. The fourth-order valence-electron chi connectivity index (χ4n) is 1.83. The van der Waals surface area contributed by atoms with Gasteiger partial charge in [0.2, 0.25) is 0 Å². The minimum absolute atomic E-state index is 0.154. The lowest BCUT2D eigenvalue weighted by Gasteiger charge is -2.16. The fraction of sp³-hybridized carbons (Fsp3) is 0.692. The maximum absolute atomic E-state index is 11.7. The molecule has 0 amide bonds. The van der Waals surface area contributed by atoms with Crippen molar-refractivity contribution in [3.8, 4) is 0 Å². The number of aryl methyl sites for hydroxylation is 1. The number of nitrogens with one attached hydrogen (secondary N) is 1. The van der Waals surface area contributed by atoms with Crippen molar-refractivity contribution in [1.29, 1.82) is 0 Å².